The molecule has 0 aliphatic carbocycles. The minimum Gasteiger partial charge on any atom is -0.335 e. The van der Waals surface area contributed by atoms with Gasteiger partial charge in [0.25, 0.3) is 0 Å². The minimum absolute atomic E-state index is 0.861. The fraction of sp³-hybridized carbons (Fsp3) is 0.0526. The largest absolute Gasteiger partial charge is 0.335 e. The van der Waals surface area contributed by atoms with Gasteiger partial charge in [0.2, 0.25) is 0 Å². The molecule has 0 spiro atoms. The molecule has 206 valence electrons. The summed E-state index contributed by atoms with van der Waals surface area (Å²) in [6.07, 6.45) is 0. The lowest BCUT2D eigenvalue weighted by molar-refractivity contribution is 0.887. The van der Waals surface area contributed by atoms with Crippen LogP contribution >= 0.6 is 22.7 Å². The van der Waals surface area contributed by atoms with Crippen molar-refractivity contribution in [3.8, 4) is 43.7 Å². The molecule has 0 unspecified atom stereocenters. The molecule has 0 amide bonds. The summed E-state index contributed by atoms with van der Waals surface area (Å²) in [5, 5.41) is 4.76. The Morgan fingerprint density at radius 3 is 1.41 bits per heavy atom. The van der Waals surface area contributed by atoms with E-state index in [0.29, 0.717) is 0 Å². The third-order valence-corrected chi connectivity index (χ3v) is 11.6. The van der Waals surface area contributed by atoms with E-state index in [1.54, 1.807) is 22.7 Å². The first-order chi connectivity index (χ1) is 21.8. The molecule has 4 nitrogen and oxygen atoms in total. The Morgan fingerprint density at radius 1 is 0.500 bits per heavy atom. The number of rotatable bonds is 2. The van der Waals surface area contributed by atoms with Crippen LogP contribution in [0.4, 0.5) is 0 Å². The Labute approximate surface area is 260 Å². The van der Waals surface area contributed by atoms with Crippen molar-refractivity contribution in [2.45, 2.75) is 13.1 Å². The van der Waals surface area contributed by atoms with Crippen LogP contribution in [0.1, 0.15) is 11.1 Å². The Kier molecular flexibility index (Phi) is 4.43. The number of para-hydroxylation sites is 4. The first kappa shape index (κ1) is 23.4. The highest BCUT2D eigenvalue weighted by molar-refractivity contribution is 7.22. The van der Waals surface area contributed by atoms with E-state index in [1.807, 2.05) is 0 Å². The van der Waals surface area contributed by atoms with E-state index in [1.165, 1.54) is 76.0 Å². The van der Waals surface area contributed by atoms with Crippen molar-refractivity contribution in [3.63, 3.8) is 0 Å². The van der Waals surface area contributed by atoms with Gasteiger partial charge in [-0.05, 0) is 59.7 Å². The van der Waals surface area contributed by atoms with Gasteiger partial charge in [-0.3, -0.25) is 0 Å². The number of fused-ring (bicyclic) bond motifs is 12. The maximum atomic E-state index is 5.14. The fourth-order valence-corrected chi connectivity index (χ4v) is 9.67. The zero-order valence-corrected chi connectivity index (χ0v) is 25.0. The summed E-state index contributed by atoms with van der Waals surface area (Å²) in [5.41, 5.74) is 15.2. The summed E-state index contributed by atoms with van der Waals surface area (Å²) < 4.78 is 7.49. The fourth-order valence-electron chi connectivity index (χ4n) is 7.62. The van der Waals surface area contributed by atoms with E-state index >= 15 is 0 Å². The molecule has 0 saturated heterocycles. The second-order valence-corrected chi connectivity index (χ2v) is 13.9. The summed E-state index contributed by atoms with van der Waals surface area (Å²) in [6, 6.07) is 39.6. The average molecular weight is 599 g/mol. The van der Waals surface area contributed by atoms with E-state index in [-0.39, 0.29) is 0 Å². The molecule has 4 aromatic heterocycles. The van der Waals surface area contributed by atoms with Crippen molar-refractivity contribution in [2.75, 3.05) is 0 Å². The predicted octanol–water partition coefficient (Wildman–Crippen LogP) is 10.2. The van der Waals surface area contributed by atoms with Crippen LogP contribution in [-0.2, 0) is 13.1 Å². The van der Waals surface area contributed by atoms with E-state index in [0.717, 1.165) is 34.1 Å². The van der Waals surface area contributed by atoms with Crippen LogP contribution < -0.4 is 0 Å². The van der Waals surface area contributed by atoms with Gasteiger partial charge < -0.3 is 9.13 Å². The maximum Gasteiger partial charge on any atom is 0.127 e. The average Bonchev–Trinajstić information content (AvgIpc) is 3.89. The summed E-state index contributed by atoms with van der Waals surface area (Å²) in [5.74, 6) is 0. The standard InChI is InChI=1S/C38H22N4S2/c1-5-13-29-23(9-1)33(37-39-27-11-3-7-15-31(27)43-37)35-25-17-22-20-42-30-14-6-2-10-24(30)34(36(42)26(22)18-21(25)19-41(29)35)38-40-28-12-4-8-16-32(28)44-38/h1-18H,19-20H2. The summed E-state index contributed by atoms with van der Waals surface area (Å²) in [4.78, 5) is 10.3. The molecule has 0 radical (unpaired) electrons. The highest BCUT2D eigenvalue weighted by atomic mass is 32.1. The van der Waals surface area contributed by atoms with Gasteiger partial charge in [-0.25, -0.2) is 9.97 Å². The molecular weight excluding hydrogens is 577 g/mol. The van der Waals surface area contributed by atoms with Crippen molar-refractivity contribution in [3.05, 3.63) is 120 Å². The van der Waals surface area contributed by atoms with Crippen LogP contribution in [0.25, 0.3) is 85.9 Å². The van der Waals surface area contributed by atoms with Gasteiger partial charge in [-0.2, -0.15) is 0 Å². The van der Waals surface area contributed by atoms with Gasteiger partial charge in [-0.1, -0.05) is 60.7 Å². The number of nitrogens with zero attached hydrogens (tertiary/aromatic N) is 4. The lowest BCUT2D eigenvalue weighted by atomic mass is 9.94. The zero-order chi connectivity index (χ0) is 28.5. The Hall–Kier alpha value is -5.04. The van der Waals surface area contributed by atoms with Crippen LogP contribution in [0.2, 0.25) is 0 Å². The normalized spacial score (nSPS) is 13.3. The number of thiazole rings is 2. The van der Waals surface area contributed by atoms with Crippen LogP contribution in [0.3, 0.4) is 0 Å². The Balaban J connectivity index is 1.16. The predicted molar refractivity (Wildman–Crippen MR) is 184 cm³/mol. The van der Waals surface area contributed by atoms with Crippen molar-refractivity contribution in [2.24, 2.45) is 0 Å². The molecule has 5 aromatic carbocycles. The molecule has 0 atom stereocenters. The molecular formula is C38H22N4S2. The zero-order valence-electron chi connectivity index (χ0n) is 23.4. The molecule has 2 aliphatic rings. The SMILES string of the molecule is c1ccc2sc(-c3c4n(c5ccccc35)Cc3cc5c(cc3-4)Cn3c-5c(-c4nc5ccccc5s4)c4ccccc43)nc2c1. The number of hydrogen-bond acceptors (Lipinski definition) is 4. The van der Waals surface area contributed by atoms with Crippen molar-refractivity contribution in [1.29, 1.82) is 0 Å². The van der Waals surface area contributed by atoms with Crippen molar-refractivity contribution in [1.82, 2.24) is 19.1 Å². The van der Waals surface area contributed by atoms with Gasteiger partial charge >= 0.3 is 0 Å². The lowest BCUT2D eigenvalue weighted by Crippen LogP contribution is -1.92. The van der Waals surface area contributed by atoms with E-state index in [9.17, 15) is 0 Å². The number of hydrogen-bond donors (Lipinski definition) is 0. The number of aromatic nitrogens is 4. The van der Waals surface area contributed by atoms with Gasteiger partial charge in [0, 0.05) is 57.1 Å². The minimum atomic E-state index is 0.861. The summed E-state index contributed by atoms with van der Waals surface area (Å²) in [6.45, 7) is 1.72. The summed E-state index contributed by atoms with van der Waals surface area (Å²) in [7, 11) is 0. The van der Waals surface area contributed by atoms with E-state index in [4.69, 9.17) is 9.97 Å². The highest BCUT2D eigenvalue weighted by Crippen LogP contribution is 2.52. The molecule has 0 bridgehead atoms. The molecule has 11 rings (SSSR count). The monoisotopic (exact) mass is 598 g/mol. The van der Waals surface area contributed by atoms with Crippen molar-refractivity contribution >= 4 is 64.9 Å². The first-order valence-corrected chi connectivity index (χ1v) is 16.5. The van der Waals surface area contributed by atoms with Crippen molar-refractivity contribution < 1.29 is 0 Å². The molecule has 0 saturated carbocycles. The van der Waals surface area contributed by atoms with Gasteiger partial charge in [0.05, 0.1) is 31.8 Å². The molecule has 2 aliphatic heterocycles. The maximum absolute atomic E-state index is 5.14. The van der Waals surface area contributed by atoms with Crippen LogP contribution in [0, 0.1) is 0 Å². The Morgan fingerprint density at radius 2 is 0.932 bits per heavy atom. The third kappa shape index (κ3) is 2.97. The smallest absolute Gasteiger partial charge is 0.127 e. The third-order valence-electron chi connectivity index (χ3n) is 9.45. The molecule has 6 heterocycles. The van der Waals surface area contributed by atoms with E-state index in [2.05, 4.69) is 118 Å². The molecule has 44 heavy (non-hydrogen) atoms. The van der Waals surface area contributed by atoms with Crippen LogP contribution in [-0.4, -0.2) is 19.1 Å². The first-order valence-electron chi connectivity index (χ1n) is 14.9. The summed E-state index contributed by atoms with van der Waals surface area (Å²) >= 11 is 3.59. The molecule has 6 heteroatoms. The Bertz CT molecular complexity index is 2430. The van der Waals surface area contributed by atoms with Gasteiger partial charge in [-0.15, -0.1) is 22.7 Å². The molecule has 0 N–H and O–H groups in total. The lowest BCUT2D eigenvalue weighted by Gasteiger charge is -2.08. The second-order valence-electron chi connectivity index (χ2n) is 11.8. The number of benzene rings is 5. The van der Waals surface area contributed by atoms with Crippen LogP contribution in [0.15, 0.2) is 109 Å². The molecule has 9 aromatic rings. The quantitative estimate of drug-likeness (QED) is 0.198. The second kappa shape index (κ2) is 8.32. The van der Waals surface area contributed by atoms with Crippen LogP contribution in [0.5, 0.6) is 0 Å². The van der Waals surface area contributed by atoms with Gasteiger partial charge in [0.1, 0.15) is 10.0 Å². The molecule has 0 fully saturated rings. The van der Waals surface area contributed by atoms with Gasteiger partial charge in [0.15, 0.2) is 0 Å². The topological polar surface area (TPSA) is 35.6 Å². The highest BCUT2D eigenvalue weighted by Gasteiger charge is 2.34. The van der Waals surface area contributed by atoms with E-state index < -0.39 is 0 Å².